The van der Waals surface area contributed by atoms with E-state index in [2.05, 4.69) is 5.32 Å². The third-order valence-corrected chi connectivity index (χ3v) is 4.17. The Morgan fingerprint density at radius 2 is 1.48 bits per heavy atom. The highest BCUT2D eigenvalue weighted by atomic mass is 19.4. The van der Waals surface area contributed by atoms with Crippen LogP contribution in [0.3, 0.4) is 0 Å². The molecule has 0 aromatic heterocycles. The van der Waals surface area contributed by atoms with Gasteiger partial charge in [-0.05, 0) is 31.0 Å². The summed E-state index contributed by atoms with van der Waals surface area (Å²) in [6, 6.07) is 0.523. The van der Waals surface area contributed by atoms with Crippen LogP contribution in [0.5, 0.6) is 0 Å². The van der Waals surface area contributed by atoms with Crippen LogP contribution in [0.15, 0.2) is 18.2 Å². The first-order chi connectivity index (χ1) is 12.3. The molecule has 0 radical (unpaired) electrons. The Bertz CT molecular complexity index is 690. The maximum atomic E-state index is 12.9. The predicted molar refractivity (Wildman–Crippen MR) is 78.9 cm³/mol. The van der Waals surface area contributed by atoms with E-state index in [0.717, 1.165) is 0 Å². The normalized spacial score (nSPS) is 17.4. The lowest BCUT2D eigenvalue weighted by Crippen LogP contribution is -2.53. The number of rotatable bonds is 4. The first-order valence-electron chi connectivity index (χ1n) is 7.74. The van der Waals surface area contributed by atoms with Crippen LogP contribution in [0, 0.1) is 0 Å². The maximum absolute atomic E-state index is 12.9. The van der Waals surface area contributed by atoms with Gasteiger partial charge in [-0.25, -0.2) is 0 Å². The molecule has 1 fully saturated rings. The van der Waals surface area contributed by atoms with Crippen LogP contribution in [0.2, 0.25) is 0 Å². The summed E-state index contributed by atoms with van der Waals surface area (Å²) in [4.78, 5) is 23.5. The Morgan fingerprint density at radius 3 is 1.89 bits per heavy atom. The number of benzene rings is 1. The number of carboxylic acid groups (broad SMARTS) is 1. The summed E-state index contributed by atoms with van der Waals surface area (Å²) in [5.41, 5.74) is -5.41. The van der Waals surface area contributed by atoms with Crippen LogP contribution in [0.25, 0.3) is 0 Å². The van der Waals surface area contributed by atoms with Crippen molar-refractivity contribution in [2.24, 2.45) is 0 Å². The Balaban J connectivity index is 2.40. The maximum Gasteiger partial charge on any atom is 0.416 e. The largest absolute Gasteiger partial charge is 0.481 e. The molecule has 1 aromatic rings. The predicted octanol–water partition coefficient (Wildman–Crippen LogP) is 3.48. The molecule has 11 heteroatoms. The lowest BCUT2D eigenvalue weighted by Gasteiger charge is -2.37. The number of amides is 1. The van der Waals surface area contributed by atoms with E-state index in [1.807, 2.05) is 0 Å². The fourth-order valence-electron chi connectivity index (χ4n) is 2.80. The molecule has 0 saturated carbocycles. The summed E-state index contributed by atoms with van der Waals surface area (Å²) in [5.74, 6) is -2.48. The van der Waals surface area contributed by atoms with Gasteiger partial charge < -0.3 is 15.2 Å². The van der Waals surface area contributed by atoms with E-state index in [1.54, 1.807) is 0 Å². The lowest BCUT2D eigenvalue weighted by molar-refractivity contribution is -0.143. The minimum Gasteiger partial charge on any atom is -0.481 e. The van der Waals surface area contributed by atoms with Gasteiger partial charge in [-0.3, -0.25) is 9.59 Å². The smallest absolute Gasteiger partial charge is 0.416 e. The Morgan fingerprint density at radius 1 is 1.00 bits per heavy atom. The molecule has 0 spiro atoms. The van der Waals surface area contributed by atoms with Crippen LogP contribution in [-0.4, -0.2) is 35.7 Å². The minimum absolute atomic E-state index is 0.0656. The SMILES string of the molecule is O=C(O)CC1(NC(=O)c2cc(C(F)(F)F)cc(C(F)(F)F)c2)CCOCC1. The topological polar surface area (TPSA) is 75.6 Å². The Labute approximate surface area is 149 Å². The first-order valence-corrected chi connectivity index (χ1v) is 7.74. The number of ether oxygens (including phenoxy) is 1. The molecule has 1 heterocycles. The van der Waals surface area contributed by atoms with Crippen LogP contribution in [0.1, 0.15) is 40.7 Å². The molecule has 27 heavy (non-hydrogen) atoms. The Hall–Kier alpha value is -2.30. The van der Waals surface area contributed by atoms with Gasteiger partial charge in [-0.15, -0.1) is 0 Å². The first kappa shape index (κ1) is 21.0. The highest BCUT2D eigenvalue weighted by molar-refractivity contribution is 5.95. The van der Waals surface area contributed by atoms with Crippen molar-refractivity contribution in [1.82, 2.24) is 5.32 Å². The zero-order valence-electron chi connectivity index (χ0n) is 13.7. The van der Waals surface area contributed by atoms with Crippen LogP contribution in [0.4, 0.5) is 26.3 Å². The zero-order valence-corrected chi connectivity index (χ0v) is 13.7. The number of carbonyl (C=O) groups excluding carboxylic acids is 1. The summed E-state index contributed by atoms with van der Waals surface area (Å²) >= 11 is 0. The number of halogens is 6. The molecule has 1 aromatic carbocycles. The second-order valence-electron chi connectivity index (χ2n) is 6.21. The fraction of sp³-hybridized carbons (Fsp3) is 0.500. The van der Waals surface area contributed by atoms with Crippen molar-refractivity contribution in [3.8, 4) is 0 Å². The monoisotopic (exact) mass is 399 g/mol. The lowest BCUT2D eigenvalue weighted by atomic mass is 9.86. The number of nitrogens with one attached hydrogen (secondary N) is 1. The van der Waals surface area contributed by atoms with Crippen LogP contribution >= 0.6 is 0 Å². The molecule has 0 aliphatic carbocycles. The van der Waals surface area contributed by atoms with E-state index in [4.69, 9.17) is 9.84 Å². The summed E-state index contributed by atoms with van der Waals surface area (Å²) in [6.07, 6.45) is -10.6. The van der Waals surface area contributed by atoms with E-state index >= 15 is 0 Å². The molecule has 5 nitrogen and oxygen atoms in total. The average molecular weight is 399 g/mol. The highest BCUT2D eigenvalue weighted by Crippen LogP contribution is 2.36. The quantitative estimate of drug-likeness (QED) is 0.761. The zero-order chi connectivity index (χ0) is 20.5. The van der Waals surface area contributed by atoms with Crippen molar-refractivity contribution in [2.75, 3.05) is 13.2 Å². The second kappa shape index (κ2) is 7.37. The van der Waals surface area contributed by atoms with Gasteiger partial charge in [0.1, 0.15) is 0 Å². The molecule has 1 aliphatic rings. The molecule has 2 rings (SSSR count). The standard InChI is InChI=1S/C16H15F6NO4/c17-15(18,19)10-5-9(6-11(7-10)16(20,21)22)13(26)23-14(8-12(24)25)1-3-27-4-2-14/h5-7H,1-4,8H2,(H,23,26)(H,24,25). The molecule has 1 aliphatic heterocycles. The van der Waals surface area contributed by atoms with Gasteiger partial charge in [0.2, 0.25) is 0 Å². The number of alkyl halides is 6. The van der Waals surface area contributed by atoms with Gasteiger partial charge >= 0.3 is 18.3 Å². The number of carboxylic acids is 1. The molecule has 0 unspecified atom stereocenters. The van der Waals surface area contributed by atoms with E-state index in [0.29, 0.717) is 12.1 Å². The van der Waals surface area contributed by atoms with E-state index < -0.39 is 52.9 Å². The van der Waals surface area contributed by atoms with Crippen molar-refractivity contribution >= 4 is 11.9 Å². The molecule has 0 atom stereocenters. The molecule has 1 amide bonds. The number of aliphatic carboxylic acids is 1. The molecular formula is C16H15F6NO4. The second-order valence-corrected chi connectivity index (χ2v) is 6.21. The third-order valence-electron chi connectivity index (χ3n) is 4.17. The van der Waals surface area contributed by atoms with Crippen molar-refractivity contribution in [3.63, 3.8) is 0 Å². The molecule has 0 bridgehead atoms. The third kappa shape index (κ3) is 5.34. The van der Waals surface area contributed by atoms with Crippen molar-refractivity contribution in [3.05, 3.63) is 34.9 Å². The van der Waals surface area contributed by atoms with Gasteiger partial charge in [0.05, 0.1) is 23.1 Å². The summed E-state index contributed by atoms with van der Waals surface area (Å²) in [5, 5.41) is 11.3. The van der Waals surface area contributed by atoms with E-state index in [-0.39, 0.29) is 32.1 Å². The average Bonchev–Trinajstić information content (AvgIpc) is 2.52. The number of hydrogen-bond acceptors (Lipinski definition) is 3. The van der Waals surface area contributed by atoms with Gasteiger partial charge in [0, 0.05) is 18.8 Å². The van der Waals surface area contributed by atoms with Gasteiger partial charge in [-0.1, -0.05) is 0 Å². The molecule has 2 N–H and O–H groups in total. The highest BCUT2D eigenvalue weighted by Gasteiger charge is 2.40. The summed E-state index contributed by atoms with van der Waals surface area (Å²) in [7, 11) is 0. The van der Waals surface area contributed by atoms with Crippen molar-refractivity contribution < 1.29 is 45.8 Å². The van der Waals surface area contributed by atoms with E-state index in [9.17, 15) is 35.9 Å². The van der Waals surface area contributed by atoms with Gasteiger partial charge in [0.25, 0.3) is 5.91 Å². The van der Waals surface area contributed by atoms with Gasteiger partial charge in [0.15, 0.2) is 0 Å². The van der Waals surface area contributed by atoms with Crippen LogP contribution < -0.4 is 5.32 Å². The molecule has 150 valence electrons. The number of hydrogen-bond donors (Lipinski definition) is 2. The number of carbonyl (C=O) groups is 2. The molecular weight excluding hydrogens is 384 g/mol. The van der Waals surface area contributed by atoms with Gasteiger partial charge in [-0.2, -0.15) is 26.3 Å². The Kier molecular flexibility index (Phi) is 5.74. The van der Waals surface area contributed by atoms with Crippen molar-refractivity contribution in [2.45, 2.75) is 37.2 Å². The minimum atomic E-state index is -5.09. The van der Waals surface area contributed by atoms with E-state index in [1.165, 1.54) is 0 Å². The fourth-order valence-corrected chi connectivity index (χ4v) is 2.80. The van der Waals surface area contributed by atoms with Crippen LogP contribution in [-0.2, 0) is 21.9 Å². The van der Waals surface area contributed by atoms with Crippen molar-refractivity contribution in [1.29, 1.82) is 0 Å². The summed E-state index contributed by atoms with van der Waals surface area (Å²) < 4.78 is 82.6. The molecule has 1 saturated heterocycles. The summed E-state index contributed by atoms with van der Waals surface area (Å²) in [6.45, 7) is 0.202.